The molecule has 0 saturated heterocycles. The average molecular weight is 277 g/mol. The maximum absolute atomic E-state index is 5.94. The highest BCUT2D eigenvalue weighted by molar-refractivity contribution is 9.10. The van der Waals surface area contributed by atoms with Crippen LogP contribution in [0.25, 0.3) is 0 Å². The van der Waals surface area contributed by atoms with Crippen molar-refractivity contribution in [3.8, 4) is 0 Å². The lowest BCUT2D eigenvalue weighted by Crippen LogP contribution is -2.21. The molecular formula is C11H15BrClN. The average Bonchev–Trinajstić information content (AvgIpc) is 2.09. The third-order valence-electron chi connectivity index (χ3n) is 2.47. The summed E-state index contributed by atoms with van der Waals surface area (Å²) in [4.78, 5) is 0. The molecule has 0 radical (unpaired) electrons. The molecule has 0 aliphatic heterocycles. The molecule has 0 saturated carbocycles. The highest BCUT2D eigenvalue weighted by atomic mass is 79.9. The van der Waals surface area contributed by atoms with E-state index in [1.54, 1.807) is 0 Å². The van der Waals surface area contributed by atoms with E-state index in [0.717, 1.165) is 15.9 Å². The summed E-state index contributed by atoms with van der Waals surface area (Å²) in [5.41, 5.74) is 6.96. The van der Waals surface area contributed by atoms with Crippen molar-refractivity contribution in [2.45, 2.75) is 25.7 Å². The van der Waals surface area contributed by atoms with Crippen LogP contribution in [0.15, 0.2) is 22.7 Å². The van der Waals surface area contributed by atoms with Crippen LogP contribution in [0.4, 0.5) is 0 Å². The number of halogens is 2. The molecule has 0 bridgehead atoms. The third-order valence-corrected chi connectivity index (χ3v) is 3.68. The van der Waals surface area contributed by atoms with Gasteiger partial charge in [-0.2, -0.15) is 0 Å². The molecule has 3 heteroatoms. The van der Waals surface area contributed by atoms with E-state index in [4.69, 9.17) is 17.3 Å². The molecule has 1 aromatic carbocycles. The zero-order valence-electron chi connectivity index (χ0n) is 8.48. The summed E-state index contributed by atoms with van der Waals surface area (Å²) in [7, 11) is 0. The molecule has 78 valence electrons. The first kappa shape index (κ1) is 12.0. The maximum Gasteiger partial charge on any atom is 0.0548 e. The number of benzene rings is 1. The standard InChI is InChI=1S/C11H15BrClN/c1-11(2,5-6-14)8-3-4-10(13)9(12)7-8/h3-4,7H,5-6,14H2,1-2H3. The lowest BCUT2D eigenvalue weighted by Gasteiger charge is -2.24. The zero-order chi connectivity index (χ0) is 10.8. The number of hydrogen-bond acceptors (Lipinski definition) is 1. The molecule has 1 nitrogen and oxygen atoms in total. The number of nitrogens with two attached hydrogens (primary N) is 1. The van der Waals surface area contributed by atoms with E-state index in [1.165, 1.54) is 5.56 Å². The molecule has 0 aromatic heterocycles. The SMILES string of the molecule is CC(C)(CCN)c1ccc(Cl)c(Br)c1. The van der Waals surface area contributed by atoms with Crippen LogP contribution in [0, 0.1) is 0 Å². The summed E-state index contributed by atoms with van der Waals surface area (Å²) in [6.07, 6.45) is 0.973. The van der Waals surface area contributed by atoms with Gasteiger partial charge in [-0.05, 0) is 52.0 Å². The summed E-state index contributed by atoms with van der Waals surface area (Å²) >= 11 is 9.36. The van der Waals surface area contributed by atoms with E-state index in [-0.39, 0.29) is 5.41 Å². The van der Waals surface area contributed by atoms with Gasteiger partial charge in [-0.25, -0.2) is 0 Å². The summed E-state index contributed by atoms with van der Waals surface area (Å²) in [6.45, 7) is 5.08. The fourth-order valence-corrected chi connectivity index (χ4v) is 1.92. The molecular weight excluding hydrogens is 261 g/mol. The van der Waals surface area contributed by atoms with Crippen LogP contribution in [0.3, 0.4) is 0 Å². The molecule has 0 aliphatic rings. The van der Waals surface area contributed by atoms with Crippen molar-refractivity contribution in [1.29, 1.82) is 0 Å². The predicted octanol–water partition coefficient (Wildman–Crippen LogP) is 3.73. The Kier molecular flexibility index (Phi) is 3.99. The molecule has 1 rings (SSSR count). The molecule has 2 N–H and O–H groups in total. The van der Waals surface area contributed by atoms with Crippen molar-refractivity contribution in [2.24, 2.45) is 5.73 Å². The Morgan fingerprint density at radius 1 is 1.43 bits per heavy atom. The van der Waals surface area contributed by atoms with Gasteiger partial charge in [0.25, 0.3) is 0 Å². The van der Waals surface area contributed by atoms with Crippen LogP contribution >= 0.6 is 27.5 Å². The summed E-state index contributed by atoms with van der Waals surface area (Å²) in [6, 6.07) is 6.04. The Balaban J connectivity index is 3.01. The van der Waals surface area contributed by atoms with Gasteiger partial charge in [0.15, 0.2) is 0 Å². The molecule has 0 heterocycles. The molecule has 0 aliphatic carbocycles. The van der Waals surface area contributed by atoms with E-state index in [9.17, 15) is 0 Å². The van der Waals surface area contributed by atoms with Crippen molar-refractivity contribution in [3.05, 3.63) is 33.3 Å². The minimum atomic E-state index is 0.113. The van der Waals surface area contributed by atoms with Crippen LogP contribution in [-0.4, -0.2) is 6.54 Å². The van der Waals surface area contributed by atoms with Crippen molar-refractivity contribution in [1.82, 2.24) is 0 Å². The molecule has 1 aromatic rings. The second-order valence-corrected chi connectivity index (χ2v) is 5.31. The lowest BCUT2D eigenvalue weighted by molar-refractivity contribution is 0.487. The molecule has 0 amide bonds. The van der Waals surface area contributed by atoms with Gasteiger partial charge in [-0.15, -0.1) is 0 Å². The van der Waals surface area contributed by atoms with Crippen molar-refractivity contribution in [3.63, 3.8) is 0 Å². The van der Waals surface area contributed by atoms with Crippen molar-refractivity contribution in [2.75, 3.05) is 6.54 Å². The second-order valence-electron chi connectivity index (χ2n) is 4.05. The van der Waals surface area contributed by atoms with Gasteiger partial charge in [0.2, 0.25) is 0 Å². The Hall–Kier alpha value is -0.0500. The fraction of sp³-hybridized carbons (Fsp3) is 0.455. The van der Waals surface area contributed by atoms with Gasteiger partial charge < -0.3 is 5.73 Å². The van der Waals surface area contributed by atoms with Gasteiger partial charge in [-0.1, -0.05) is 31.5 Å². The van der Waals surface area contributed by atoms with Gasteiger partial charge in [0.05, 0.1) is 5.02 Å². The summed E-state index contributed by atoms with van der Waals surface area (Å²) in [5, 5.41) is 0.747. The van der Waals surface area contributed by atoms with Crippen molar-refractivity contribution < 1.29 is 0 Å². The summed E-state index contributed by atoms with van der Waals surface area (Å²) < 4.78 is 0.946. The number of hydrogen-bond donors (Lipinski definition) is 1. The maximum atomic E-state index is 5.94. The Morgan fingerprint density at radius 2 is 2.07 bits per heavy atom. The van der Waals surface area contributed by atoms with Crippen LogP contribution < -0.4 is 5.73 Å². The first-order valence-electron chi connectivity index (χ1n) is 4.63. The first-order valence-corrected chi connectivity index (χ1v) is 5.80. The zero-order valence-corrected chi connectivity index (χ0v) is 10.8. The second kappa shape index (κ2) is 4.65. The quantitative estimate of drug-likeness (QED) is 0.894. The van der Waals surface area contributed by atoms with E-state index in [2.05, 4.69) is 41.9 Å². The highest BCUT2D eigenvalue weighted by Gasteiger charge is 2.19. The Bertz CT molecular complexity index is 323. The molecule has 0 fully saturated rings. The van der Waals surface area contributed by atoms with Gasteiger partial charge in [0.1, 0.15) is 0 Å². The molecule has 0 spiro atoms. The van der Waals surface area contributed by atoms with E-state index >= 15 is 0 Å². The van der Waals surface area contributed by atoms with Crippen LogP contribution in [-0.2, 0) is 5.41 Å². The predicted molar refractivity (Wildman–Crippen MR) is 65.8 cm³/mol. The molecule has 14 heavy (non-hydrogen) atoms. The molecule has 0 unspecified atom stereocenters. The third kappa shape index (κ3) is 2.72. The van der Waals surface area contributed by atoms with Gasteiger partial charge in [-0.3, -0.25) is 0 Å². The van der Waals surface area contributed by atoms with Crippen molar-refractivity contribution >= 4 is 27.5 Å². The Labute approximate surface area is 98.8 Å². The highest BCUT2D eigenvalue weighted by Crippen LogP contribution is 2.31. The molecule has 0 atom stereocenters. The largest absolute Gasteiger partial charge is 0.330 e. The van der Waals surface area contributed by atoms with Crippen LogP contribution in [0.1, 0.15) is 25.8 Å². The van der Waals surface area contributed by atoms with Gasteiger partial charge >= 0.3 is 0 Å². The minimum absolute atomic E-state index is 0.113. The number of rotatable bonds is 3. The summed E-state index contributed by atoms with van der Waals surface area (Å²) in [5.74, 6) is 0. The normalized spacial score (nSPS) is 11.8. The smallest absolute Gasteiger partial charge is 0.0548 e. The van der Waals surface area contributed by atoms with Crippen LogP contribution in [0.5, 0.6) is 0 Å². The van der Waals surface area contributed by atoms with E-state index in [1.807, 2.05) is 6.07 Å². The van der Waals surface area contributed by atoms with Gasteiger partial charge in [0, 0.05) is 4.47 Å². The lowest BCUT2D eigenvalue weighted by atomic mass is 9.82. The fourth-order valence-electron chi connectivity index (χ4n) is 1.42. The Morgan fingerprint density at radius 3 is 2.57 bits per heavy atom. The first-order chi connectivity index (χ1) is 6.47. The monoisotopic (exact) mass is 275 g/mol. The van der Waals surface area contributed by atoms with Crippen LogP contribution in [0.2, 0.25) is 5.02 Å². The van der Waals surface area contributed by atoms with E-state index < -0.39 is 0 Å². The minimum Gasteiger partial charge on any atom is -0.330 e. The van der Waals surface area contributed by atoms with E-state index in [0.29, 0.717) is 6.54 Å². The topological polar surface area (TPSA) is 26.0 Å².